The molecule has 0 spiro atoms. The number of hydrogen-bond donors (Lipinski definition) is 1. The molecular formula is C15H24FNO. The maximum absolute atomic E-state index is 13.8. The smallest absolute Gasteiger partial charge is 0.127 e. The van der Waals surface area contributed by atoms with Gasteiger partial charge >= 0.3 is 0 Å². The van der Waals surface area contributed by atoms with E-state index in [0.717, 1.165) is 24.9 Å². The third-order valence-corrected chi connectivity index (χ3v) is 3.01. The summed E-state index contributed by atoms with van der Waals surface area (Å²) in [4.78, 5) is 0. The van der Waals surface area contributed by atoms with Crippen LogP contribution in [0, 0.1) is 11.7 Å². The quantitative estimate of drug-likeness (QED) is 0.765. The van der Waals surface area contributed by atoms with E-state index >= 15 is 0 Å². The molecule has 1 N–H and O–H groups in total. The lowest BCUT2D eigenvalue weighted by Gasteiger charge is -2.22. The Bertz CT molecular complexity index is 343. The monoisotopic (exact) mass is 253 g/mol. The lowest BCUT2D eigenvalue weighted by Crippen LogP contribution is -2.25. The van der Waals surface area contributed by atoms with E-state index in [1.807, 2.05) is 12.1 Å². The van der Waals surface area contributed by atoms with Crippen LogP contribution in [0.1, 0.15) is 38.3 Å². The fourth-order valence-electron chi connectivity index (χ4n) is 2.15. The molecule has 0 aliphatic rings. The first kappa shape index (κ1) is 15.1. The van der Waals surface area contributed by atoms with Crippen molar-refractivity contribution in [3.63, 3.8) is 0 Å². The fraction of sp³-hybridized carbons (Fsp3) is 0.600. The van der Waals surface area contributed by atoms with E-state index < -0.39 is 0 Å². The molecule has 0 aliphatic carbocycles. The third-order valence-electron chi connectivity index (χ3n) is 3.01. The Morgan fingerprint density at radius 2 is 2.06 bits per heavy atom. The van der Waals surface area contributed by atoms with Crippen LogP contribution in [0.2, 0.25) is 0 Å². The molecule has 0 saturated carbocycles. The van der Waals surface area contributed by atoms with Crippen LogP contribution < -0.4 is 5.32 Å². The van der Waals surface area contributed by atoms with Gasteiger partial charge in [0.15, 0.2) is 0 Å². The number of ether oxygens (including phenoxy) is 1. The number of hydrogen-bond acceptors (Lipinski definition) is 2. The average Bonchev–Trinajstić information content (AvgIpc) is 2.35. The Labute approximate surface area is 110 Å². The first-order valence-corrected chi connectivity index (χ1v) is 6.65. The zero-order chi connectivity index (χ0) is 13.4. The lowest BCUT2D eigenvalue weighted by atomic mass is 9.96. The minimum atomic E-state index is -0.129. The molecule has 0 bridgehead atoms. The van der Waals surface area contributed by atoms with E-state index in [0.29, 0.717) is 12.5 Å². The lowest BCUT2D eigenvalue weighted by molar-refractivity contribution is 0.149. The predicted octanol–water partition coefficient (Wildman–Crippen LogP) is 3.54. The Morgan fingerprint density at radius 1 is 1.33 bits per heavy atom. The molecule has 0 heterocycles. The van der Waals surface area contributed by atoms with Crippen molar-refractivity contribution in [3.05, 3.63) is 35.6 Å². The fourth-order valence-corrected chi connectivity index (χ4v) is 2.15. The largest absolute Gasteiger partial charge is 0.384 e. The van der Waals surface area contributed by atoms with Crippen molar-refractivity contribution in [1.82, 2.24) is 5.32 Å². The Hall–Kier alpha value is -0.930. The molecule has 0 radical (unpaired) electrons. The molecule has 2 nitrogen and oxygen atoms in total. The van der Waals surface area contributed by atoms with E-state index in [4.69, 9.17) is 4.74 Å². The highest BCUT2D eigenvalue weighted by molar-refractivity contribution is 5.21. The molecule has 1 aromatic rings. The molecule has 1 aromatic carbocycles. The maximum Gasteiger partial charge on any atom is 0.127 e. The van der Waals surface area contributed by atoms with Crippen molar-refractivity contribution >= 4 is 0 Å². The summed E-state index contributed by atoms with van der Waals surface area (Å²) in [5, 5.41) is 3.42. The van der Waals surface area contributed by atoms with E-state index in [1.165, 1.54) is 6.07 Å². The Morgan fingerprint density at radius 3 is 2.67 bits per heavy atom. The molecule has 0 amide bonds. The van der Waals surface area contributed by atoms with Crippen molar-refractivity contribution in [2.45, 2.75) is 32.7 Å². The van der Waals surface area contributed by atoms with Crippen LogP contribution in [0.15, 0.2) is 24.3 Å². The van der Waals surface area contributed by atoms with Crippen molar-refractivity contribution in [3.8, 4) is 0 Å². The Balaban J connectivity index is 2.74. The van der Waals surface area contributed by atoms with Crippen LogP contribution in [0.25, 0.3) is 0 Å². The van der Waals surface area contributed by atoms with Gasteiger partial charge in [0, 0.05) is 25.3 Å². The summed E-state index contributed by atoms with van der Waals surface area (Å²) in [6, 6.07) is 7.07. The normalized spacial score (nSPS) is 14.4. The molecule has 0 fully saturated rings. The second-order valence-corrected chi connectivity index (χ2v) is 4.82. The molecule has 0 aromatic heterocycles. The van der Waals surface area contributed by atoms with Crippen molar-refractivity contribution in [2.24, 2.45) is 5.92 Å². The van der Waals surface area contributed by atoms with Gasteiger partial charge in [-0.1, -0.05) is 32.0 Å². The van der Waals surface area contributed by atoms with Crippen molar-refractivity contribution < 1.29 is 9.13 Å². The molecule has 18 heavy (non-hydrogen) atoms. The van der Waals surface area contributed by atoms with Gasteiger partial charge in [-0.3, -0.25) is 0 Å². The summed E-state index contributed by atoms with van der Waals surface area (Å²) in [5.41, 5.74) is 0.758. The van der Waals surface area contributed by atoms with Crippen LogP contribution >= 0.6 is 0 Å². The van der Waals surface area contributed by atoms with Crippen LogP contribution in [0.3, 0.4) is 0 Å². The molecule has 2 atom stereocenters. The zero-order valence-corrected chi connectivity index (χ0v) is 11.6. The number of benzene rings is 1. The zero-order valence-electron chi connectivity index (χ0n) is 11.6. The highest BCUT2D eigenvalue weighted by Crippen LogP contribution is 2.23. The van der Waals surface area contributed by atoms with E-state index in [9.17, 15) is 4.39 Å². The topological polar surface area (TPSA) is 21.3 Å². The highest BCUT2D eigenvalue weighted by Gasteiger charge is 2.17. The van der Waals surface area contributed by atoms with Crippen LogP contribution in [0.4, 0.5) is 4.39 Å². The van der Waals surface area contributed by atoms with Gasteiger partial charge in [0.25, 0.3) is 0 Å². The van der Waals surface area contributed by atoms with Gasteiger partial charge in [0.05, 0.1) is 0 Å². The molecule has 102 valence electrons. The van der Waals surface area contributed by atoms with Crippen molar-refractivity contribution in [2.75, 3.05) is 20.3 Å². The summed E-state index contributed by atoms with van der Waals surface area (Å²) in [5.74, 6) is 0.277. The van der Waals surface area contributed by atoms with E-state index in [-0.39, 0.29) is 11.9 Å². The Kier molecular flexibility index (Phi) is 6.91. The molecule has 0 aliphatic heterocycles. The molecule has 0 saturated heterocycles. The first-order valence-electron chi connectivity index (χ1n) is 6.65. The number of nitrogens with one attached hydrogen (secondary N) is 1. The van der Waals surface area contributed by atoms with Gasteiger partial charge in [-0.2, -0.15) is 0 Å². The van der Waals surface area contributed by atoms with Gasteiger partial charge in [-0.05, 0) is 31.4 Å². The van der Waals surface area contributed by atoms with Crippen LogP contribution in [0.5, 0.6) is 0 Å². The van der Waals surface area contributed by atoms with Crippen LogP contribution in [-0.4, -0.2) is 20.3 Å². The van der Waals surface area contributed by atoms with Crippen LogP contribution in [-0.2, 0) is 4.74 Å². The molecule has 3 heteroatoms. The maximum atomic E-state index is 13.8. The van der Waals surface area contributed by atoms with Gasteiger partial charge in [-0.25, -0.2) is 4.39 Å². The minimum absolute atomic E-state index is 0.0660. The number of halogens is 1. The van der Waals surface area contributed by atoms with Crippen molar-refractivity contribution in [1.29, 1.82) is 0 Å². The summed E-state index contributed by atoms with van der Waals surface area (Å²) < 4.78 is 19.0. The van der Waals surface area contributed by atoms with E-state index in [1.54, 1.807) is 13.2 Å². The summed E-state index contributed by atoms with van der Waals surface area (Å²) in [6.07, 6.45) is 1.93. The first-order chi connectivity index (χ1) is 8.69. The average molecular weight is 253 g/mol. The summed E-state index contributed by atoms with van der Waals surface area (Å²) >= 11 is 0. The van der Waals surface area contributed by atoms with E-state index in [2.05, 4.69) is 19.2 Å². The number of methoxy groups -OCH3 is 1. The van der Waals surface area contributed by atoms with Gasteiger partial charge in [0.2, 0.25) is 0 Å². The summed E-state index contributed by atoms with van der Waals surface area (Å²) in [6.45, 7) is 5.85. The van der Waals surface area contributed by atoms with Gasteiger partial charge < -0.3 is 10.1 Å². The molecule has 1 rings (SSSR count). The highest BCUT2D eigenvalue weighted by atomic mass is 19.1. The minimum Gasteiger partial charge on any atom is -0.384 e. The van der Waals surface area contributed by atoms with Gasteiger partial charge in [0.1, 0.15) is 5.82 Å². The predicted molar refractivity (Wildman–Crippen MR) is 73.1 cm³/mol. The molecule has 2 unspecified atom stereocenters. The third kappa shape index (κ3) is 4.75. The molecular weight excluding hydrogens is 229 g/mol. The standard InChI is InChI=1S/C15H24FNO/c1-4-9-17-15(10-12(2)11-18-3)13-7-5-6-8-14(13)16/h5-8,12,15,17H,4,9-11H2,1-3H3. The SMILES string of the molecule is CCCNC(CC(C)COC)c1ccccc1F. The van der Waals surface area contributed by atoms with Gasteiger partial charge in [-0.15, -0.1) is 0 Å². The second kappa shape index (κ2) is 8.22. The summed E-state index contributed by atoms with van der Waals surface area (Å²) in [7, 11) is 1.70. The number of rotatable bonds is 8. The second-order valence-electron chi connectivity index (χ2n) is 4.82.